The first kappa shape index (κ1) is 17.5. The quantitative estimate of drug-likeness (QED) is 0.616. The van der Waals surface area contributed by atoms with Gasteiger partial charge >= 0.3 is 0 Å². The van der Waals surface area contributed by atoms with Gasteiger partial charge < -0.3 is 14.8 Å². The number of carbonyl (C=O) groups excluding carboxylic acids is 1. The van der Waals surface area contributed by atoms with Crippen molar-refractivity contribution in [1.82, 2.24) is 0 Å². The summed E-state index contributed by atoms with van der Waals surface area (Å²) in [6, 6.07) is 21.6. The minimum atomic E-state index is -0.147. The molecule has 136 valence electrons. The van der Waals surface area contributed by atoms with Gasteiger partial charge in [0.05, 0.1) is 0 Å². The smallest absolute Gasteiger partial charge is 0.255 e. The number of rotatable bonds is 5. The topological polar surface area (TPSA) is 47.6 Å². The summed E-state index contributed by atoms with van der Waals surface area (Å²) in [6.45, 7) is 2.30. The van der Waals surface area contributed by atoms with Gasteiger partial charge in [-0.05, 0) is 48.9 Å². The second-order valence-electron chi connectivity index (χ2n) is 6.32. The van der Waals surface area contributed by atoms with Crippen molar-refractivity contribution in [3.63, 3.8) is 0 Å². The number of carbonyl (C=O) groups is 1. The van der Waals surface area contributed by atoms with Gasteiger partial charge in [-0.2, -0.15) is 0 Å². The molecule has 1 N–H and O–H groups in total. The Bertz CT molecular complexity index is 952. The van der Waals surface area contributed by atoms with Crippen LogP contribution >= 0.6 is 11.8 Å². The molecule has 0 unspecified atom stereocenters. The lowest BCUT2D eigenvalue weighted by Gasteiger charge is -2.07. The van der Waals surface area contributed by atoms with Crippen molar-refractivity contribution in [2.24, 2.45) is 0 Å². The molecule has 0 saturated carbocycles. The molecule has 0 fully saturated rings. The Balaban J connectivity index is 1.36. The van der Waals surface area contributed by atoms with E-state index in [0.29, 0.717) is 22.7 Å². The maximum Gasteiger partial charge on any atom is 0.255 e. The van der Waals surface area contributed by atoms with Crippen LogP contribution in [0, 0.1) is 6.92 Å². The number of aryl methyl sites for hydroxylation is 1. The highest BCUT2D eigenvalue weighted by Crippen LogP contribution is 2.34. The summed E-state index contributed by atoms with van der Waals surface area (Å²) in [5, 5.41) is 2.89. The monoisotopic (exact) mass is 377 g/mol. The standard InChI is InChI=1S/C22H19NO3S/c1-15-2-9-19(10-3-15)27-13-16-4-6-17(7-5-16)22(24)23-18-8-11-20-21(12-18)26-14-25-20/h2-12H,13-14H2,1H3,(H,23,24). The van der Waals surface area contributed by atoms with Gasteiger partial charge in [0.25, 0.3) is 5.91 Å². The van der Waals surface area contributed by atoms with Crippen molar-refractivity contribution < 1.29 is 14.3 Å². The van der Waals surface area contributed by atoms with Crippen LogP contribution in [0.1, 0.15) is 21.5 Å². The summed E-state index contributed by atoms with van der Waals surface area (Å²) < 4.78 is 10.6. The molecule has 0 saturated heterocycles. The number of ether oxygens (including phenoxy) is 2. The molecule has 4 nitrogen and oxygen atoms in total. The number of hydrogen-bond acceptors (Lipinski definition) is 4. The van der Waals surface area contributed by atoms with Gasteiger partial charge in [0, 0.05) is 28.0 Å². The molecule has 0 atom stereocenters. The number of nitrogens with one attached hydrogen (secondary N) is 1. The maximum absolute atomic E-state index is 12.4. The number of benzene rings is 3. The van der Waals surface area contributed by atoms with Crippen LogP contribution in [0.25, 0.3) is 0 Å². The number of amides is 1. The van der Waals surface area contributed by atoms with Gasteiger partial charge in [-0.15, -0.1) is 11.8 Å². The van der Waals surface area contributed by atoms with Crippen molar-refractivity contribution in [3.05, 3.63) is 83.4 Å². The van der Waals surface area contributed by atoms with Gasteiger partial charge in [0.1, 0.15) is 0 Å². The second kappa shape index (κ2) is 7.76. The molecule has 27 heavy (non-hydrogen) atoms. The first-order valence-electron chi connectivity index (χ1n) is 8.67. The zero-order valence-electron chi connectivity index (χ0n) is 14.9. The van der Waals surface area contributed by atoms with E-state index < -0.39 is 0 Å². The van der Waals surface area contributed by atoms with Gasteiger partial charge in [-0.1, -0.05) is 29.8 Å². The van der Waals surface area contributed by atoms with Crippen molar-refractivity contribution in [2.75, 3.05) is 12.1 Å². The number of fused-ring (bicyclic) bond motifs is 1. The maximum atomic E-state index is 12.4. The fraction of sp³-hybridized carbons (Fsp3) is 0.136. The van der Waals surface area contributed by atoms with Gasteiger partial charge in [-0.3, -0.25) is 4.79 Å². The Morgan fingerprint density at radius 3 is 2.48 bits per heavy atom. The molecule has 1 aliphatic rings. The van der Waals surface area contributed by atoms with Gasteiger partial charge in [-0.25, -0.2) is 0 Å². The molecular formula is C22H19NO3S. The average molecular weight is 377 g/mol. The van der Waals surface area contributed by atoms with Crippen molar-refractivity contribution in [1.29, 1.82) is 0 Å². The summed E-state index contributed by atoms with van der Waals surface area (Å²) in [6.07, 6.45) is 0. The van der Waals surface area contributed by atoms with Crippen LogP contribution in [0.2, 0.25) is 0 Å². The van der Waals surface area contributed by atoms with E-state index in [9.17, 15) is 4.79 Å². The Morgan fingerprint density at radius 2 is 1.70 bits per heavy atom. The zero-order valence-corrected chi connectivity index (χ0v) is 15.7. The van der Waals surface area contributed by atoms with Crippen LogP contribution in [0.15, 0.2) is 71.6 Å². The summed E-state index contributed by atoms with van der Waals surface area (Å²) >= 11 is 1.78. The van der Waals surface area contributed by atoms with E-state index >= 15 is 0 Å². The van der Waals surface area contributed by atoms with E-state index in [1.807, 2.05) is 24.3 Å². The molecule has 3 aromatic carbocycles. The third kappa shape index (κ3) is 4.26. The lowest BCUT2D eigenvalue weighted by atomic mass is 10.1. The predicted octanol–water partition coefficient (Wildman–Crippen LogP) is 5.27. The fourth-order valence-electron chi connectivity index (χ4n) is 2.73. The summed E-state index contributed by atoms with van der Waals surface area (Å²) in [5.74, 6) is 2.07. The van der Waals surface area contributed by atoms with Crippen LogP contribution < -0.4 is 14.8 Å². The van der Waals surface area contributed by atoms with E-state index in [-0.39, 0.29) is 12.7 Å². The summed E-state index contributed by atoms with van der Waals surface area (Å²) in [4.78, 5) is 13.7. The molecule has 1 heterocycles. The van der Waals surface area contributed by atoms with E-state index in [1.54, 1.807) is 30.0 Å². The molecule has 0 bridgehead atoms. The van der Waals surface area contributed by atoms with Crippen molar-refractivity contribution in [2.45, 2.75) is 17.6 Å². The molecule has 0 aromatic heterocycles. The lowest BCUT2D eigenvalue weighted by molar-refractivity contribution is 0.102. The highest BCUT2D eigenvalue weighted by molar-refractivity contribution is 7.98. The molecular weight excluding hydrogens is 358 g/mol. The Hall–Kier alpha value is -2.92. The van der Waals surface area contributed by atoms with Crippen molar-refractivity contribution in [3.8, 4) is 11.5 Å². The third-order valence-corrected chi connectivity index (χ3v) is 5.36. The Labute approximate surface area is 162 Å². The summed E-state index contributed by atoms with van der Waals surface area (Å²) in [7, 11) is 0. The van der Waals surface area contributed by atoms with Crippen LogP contribution in [0.4, 0.5) is 5.69 Å². The van der Waals surface area contributed by atoms with E-state index in [2.05, 4.69) is 36.5 Å². The first-order chi connectivity index (χ1) is 13.2. The van der Waals surface area contributed by atoms with Crippen LogP contribution in [-0.4, -0.2) is 12.7 Å². The van der Waals surface area contributed by atoms with Crippen LogP contribution in [0.5, 0.6) is 11.5 Å². The zero-order chi connectivity index (χ0) is 18.6. The normalized spacial score (nSPS) is 12.0. The SMILES string of the molecule is Cc1ccc(SCc2ccc(C(=O)Nc3ccc4c(c3)OCO4)cc2)cc1. The molecule has 0 radical (unpaired) electrons. The molecule has 4 rings (SSSR count). The lowest BCUT2D eigenvalue weighted by Crippen LogP contribution is -2.11. The molecule has 1 aliphatic heterocycles. The average Bonchev–Trinajstić information content (AvgIpc) is 3.16. The molecule has 0 aliphatic carbocycles. The summed E-state index contributed by atoms with van der Waals surface area (Å²) in [5.41, 5.74) is 3.75. The van der Waals surface area contributed by atoms with E-state index in [4.69, 9.17) is 9.47 Å². The molecule has 0 spiro atoms. The molecule has 5 heteroatoms. The van der Waals surface area contributed by atoms with E-state index in [1.165, 1.54) is 16.0 Å². The van der Waals surface area contributed by atoms with Gasteiger partial charge in [0.2, 0.25) is 6.79 Å². The van der Waals surface area contributed by atoms with Crippen molar-refractivity contribution >= 4 is 23.4 Å². The Kier molecular flexibility index (Phi) is 5.03. The minimum absolute atomic E-state index is 0.147. The third-order valence-electron chi connectivity index (χ3n) is 4.27. The number of anilines is 1. The van der Waals surface area contributed by atoms with Gasteiger partial charge in [0.15, 0.2) is 11.5 Å². The fourth-order valence-corrected chi connectivity index (χ4v) is 3.59. The molecule has 3 aromatic rings. The second-order valence-corrected chi connectivity index (χ2v) is 7.37. The highest BCUT2D eigenvalue weighted by atomic mass is 32.2. The van der Waals surface area contributed by atoms with Crippen LogP contribution in [0.3, 0.4) is 0 Å². The van der Waals surface area contributed by atoms with Crippen LogP contribution in [-0.2, 0) is 5.75 Å². The largest absolute Gasteiger partial charge is 0.454 e. The minimum Gasteiger partial charge on any atom is -0.454 e. The van der Waals surface area contributed by atoms with E-state index in [0.717, 1.165) is 5.75 Å². The Morgan fingerprint density at radius 1 is 0.963 bits per heavy atom. The number of hydrogen-bond donors (Lipinski definition) is 1. The first-order valence-corrected chi connectivity index (χ1v) is 9.65. The predicted molar refractivity (Wildman–Crippen MR) is 108 cm³/mol. The molecule has 1 amide bonds. The highest BCUT2D eigenvalue weighted by Gasteiger charge is 2.14. The number of thioether (sulfide) groups is 1.